The summed E-state index contributed by atoms with van der Waals surface area (Å²) in [5, 5.41) is 0. The summed E-state index contributed by atoms with van der Waals surface area (Å²) in [6, 6.07) is 0. The molecule has 0 aliphatic heterocycles. The molecule has 4 fully saturated rings. The Morgan fingerprint density at radius 3 is 2.39 bits per heavy atom. The van der Waals surface area contributed by atoms with E-state index in [-0.39, 0.29) is 0 Å². The molecule has 4 saturated carbocycles. The molecule has 0 bridgehead atoms. The van der Waals surface area contributed by atoms with Gasteiger partial charge in [0, 0.05) is 12.8 Å². The van der Waals surface area contributed by atoms with Crippen LogP contribution in [0.3, 0.4) is 0 Å². The van der Waals surface area contributed by atoms with E-state index < -0.39 is 0 Å². The fourth-order valence-electron chi connectivity index (χ4n) is 9.07. The molecular weight excluding hydrogens is 340 g/mol. The molecule has 1 nitrogen and oxygen atoms in total. The van der Waals surface area contributed by atoms with Gasteiger partial charge in [0.15, 0.2) is 0 Å². The highest BCUT2D eigenvalue weighted by molar-refractivity contribution is 5.79. The third-order valence-corrected chi connectivity index (χ3v) is 10.7. The van der Waals surface area contributed by atoms with Gasteiger partial charge in [-0.1, -0.05) is 53.9 Å². The van der Waals surface area contributed by atoms with Gasteiger partial charge in [0.05, 0.1) is 0 Å². The Hall–Kier alpha value is -0.330. The number of hydrogen-bond donors (Lipinski definition) is 0. The van der Waals surface area contributed by atoms with Gasteiger partial charge >= 0.3 is 0 Å². The van der Waals surface area contributed by atoms with Crippen molar-refractivity contribution in [3.05, 3.63) is 0 Å². The van der Waals surface area contributed by atoms with Crippen molar-refractivity contribution >= 4 is 5.78 Å². The summed E-state index contributed by atoms with van der Waals surface area (Å²) < 4.78 is 0. The van der Waals surface area contributed by atoms with Crippen molar-refractivity contribution < 1.29 is 4.79 Å². The quantitative estimate of drug-likeness (QED) is 0.473. The Bertz CT molecular complexity index is 579. The fraction of sp³-hybridized carbons (Fsp3) is 0.963. The van der Waals surface area contributed by atoms with E-state index in [0.717, 1.165) is 48.3 Å². The molecular formula is C27H46O. The summed E-state index contributed by atoms with van der Waals surface area (Å²) >= 11 is 0. The molecule has 0 aromatic heterocycles. The van der Waals surface area contributed by atoms with Gasteiger partial charge in [0.25, 0.3) is 0 Å². The Morgan fingerprint density at radius 1 is 0.893 bits per heavy atom. The molecule has 0 aromatic carbocycles. The minimum absolute atomic E-state index is 0.471. The zero-order chi connectivity index (χ0) is 20.1. The molecule has 2 unspecified atom stereocenters. The Kier molecular flexibility index (Phi) is 5.78. The van der Waals surface area contributed by atoms with Gasteiger partial charge in [-0.05, 0) is 97.2 Å². The normalized spacial score (nSPS) is 46.8. The molecule has 28 heavy (non-hydrogen) atoms. The van der Waals surface area contributed by atoms with Crippen LogP contribution in [-0.4, -0.2) is 5.78 Å². The van der Waals surface area contributed by atoms with Gasteiger partial charge < -0.3 is 0 Å². The van der Waals surface area contributed by atoms with Gasteiger partial charge in [-0.25, -0.2) is 0 Å². The number of hydrogen-bond acceptors (Lipinski definition) is 1. The second-order valence-electron chi connectivity index (χ2n) is 12.4. The standard InChI is InChI=1S/C27H46O/c1-18(2)7-6-8-19(3)23-11-12-24-22-10-9-20-17-21(28)13-15-26(20,4)25(22)14-16-27(23,24)5/h18-20,22-25H,6-17H2,1-5H3/t19?,20?,22-,23+,24-,25-,26-,27+/m0/s1. The SMILES string of the molecule is CC(C)CCCC(C)[C@H]1CC[C@H]2[C@@H]3CCC4CC(=O)CC[C@]4(C)[C@H]3CC[C@]12C. The van der Waals surface area contributed by atoms with E-state index in [4.69, 9.17) is 0 Å². The van der Waals surface area contributed by atoms with Crippen LogP contribution in [0.1, 0.15) is 112 Å². The monoisotopic (exact) mass is 386 g/mol. The number of Topliss-reactive ketones (excluding diaryl/α,β-unsaturated/α-hetero) is 1. The summed E-state index contributed by atoms with van der Waals surface area (Å²) in [7, 11) is 0. The third kappa shape index (κ3) is 3.41. The lowest BCUT2D eigenvalue weighted by Gasteiger charge is -2.60. The number of ketones is 1. The molecule has 0 spiro atoms. The molecule has 4 rings (SSSR count). The molecule has 0 heterocycles. The average Bonchev–Trinajstić information content (AvgIpc) is 2.99. The van der Waals surface area contributed by atoms with Crippen LogP contribution in [0, 0.1) is 52.3 Å². The van der Waals surface area contributed by atoms with E-state index in [0.29, 0.717) is 22.5 Å². The zero-order valence-electron chi connectivity index (χ0n) is 19.4. The molecule has 0 amide bonds. The molecule has 0 aromatic rings. The predicted octanol–water partition coefficient (Wildman–Crippen LogP) is 7.68. The summed E-state index contributed by atoms with van der Waals surface area (Å²) in [4.78, 5) is 12.1. The molecule has 8 atom stereocenters. The van der Waals surface area contributed by atoms with E-state index in [1.54, 1.807) is 0 Å². The Balaban J connectivity index is 1.47. The summed E-state index contributed by atoms with van der Waals surface area (Å²) in [6.45, 7) is 12.6. The van der Waals surface area contributed by atoms with Crippen molar-refractivity contribution in [3.63, 3.8) is 0 Å². The first-order valence-electron chi connectivity index (χ1n) is 12.8. The highest BCUT2D eigenvalue weighted by atomic mass is 16.1. The first-order valence-corrected chi connectivity index (χ1v) is 12.8. The summed E-state index contributed by atoms with van der Waals surface area (Å²) in [6.07, 6.45) is 15.9. The molecule has 0 N–H and O–H groups in total. The topological polar surface area (TPSA) is 17.1 Å². The van der Waals surface area contributed by atoms with E-state index in [9.17, 15) is 4.79 Å². The maximum absolute atomic E-state index is 12.1. The van der Waals surface area contributed by atoms with E-state index in [2.05, 4.69) is 34.6 Å². The smallest absolute Gasteiger partial charge is 0.133 e. The van der Waals surface area contributed by atoms with Crippen LogP contribution in [0.4, 0.5) is 0 Å². The van der Waals surface area contributed by atoms with E-state index in [1.807, 2.05) is 0 Å². The summed E-state index contributed by atoms with van der Waals surface area (Å²) in [5.74, 6) is 6.82. The second-order valence-corrected chi connectivity index (χ2v) is 12.4. The predicted molar refractivity (Wildman–Crippen MR) is 118 cm³/mol. The lowest BCUT2D eigenvalue weighted by atomic mass is 9.44. The molecule has 160 valence electrons. The fourth-order valence-corrected chi connectivity index (χ4v) is 9.07. The van der Waals surface area contributed by atoms with Crippen LogP contribution in [0.5, 0.6) is 0 Å². The van der Waals surface area contributed by atoms with Gasteiger partial charge in [0.2, 0.25) is 0 Å². The van der Waals surface area contributed by atoms with Crippen LogP contribution >= 0.6 is 0 Å². The Morgan fingerprint density at radius 2 is 1.64 bits per heavy atom. The van der Waals surface area contributed by atoms with Gasteiger partial charge in [-0.15, -0.1) is 0 Å². The second kappa shape index (κ2) is 7.73. The number of carbonyl (C=O) groups excluding carboxylic acids is 1. The summed E-state index contributed by atoms with van der Waals surface area (Å²) in [5.41, 5.74) is 1.07. The maximum Gasteiger partial charge on any atom is 0.133 e. The first kappa shape index (κ1) is 20.9. The number of fused-ring (bicyclic) bond motifs is 5. The van der Waals surface area contributed by atoms with Crippen LogP contribution in [0.15, 0.2) is 0 Å². The molecule has 1 heteroatoms. The van der Waals surface area contributed by atoms with Crippen molar-refractivity contribution in [2.45, 2.75) is 112 Å². The molecule has 4 aliphatic rings. The van der Waals surface area contributed by atoms with Crippen LogP contribution in [0.2, 0.25) is 0 Å². The lowest BCUT2D eigenvalue weighted by Crippen LogP contribution is -2.53. The van der Waals surface area contributed by atoms with Gasteiger partial charge in [-0.2, -0.15) is 0 Å². The first-order chi connectivity index (χ1) is 13.3. The third-order valence-electron chi connectivity index (χ3n) is 10.7. The number of rotatable bonds is 5. The van der Waals surface area contributed by atoms with Crippen molar-refractivity contribution in [3.8, 4) is 0 Å². The van der Waals surface area contributed by atoms with Crippen LogP contribution in [-0.2, 0) is 4.79 Å². The van der Waals surface area contributed by atoms with Crippen molar-refractivity contribution in [2.24, 2.45) is 52.3 Å². The van der Waals surface area contributed by atoms with Crippen LogP contribution in [0.25, 0.3) is 0 Å². The lowest BCUT2D eigenvalue weighted by molar-refractivity contribution is -0.140. The van der Waals surface area contributed by atoms with Gasteiger partial charge in [-0.3, -0.25) is 4.79 Å². The molecule has 0 saturated heterocycles. The maximum atomic E-state index is 12.1. The van der Waals surface area contributed by atoms with Crippen molar-refractivity contribution in [1.29, 1.82) is 0 Å². The van der Waals surface area contributed by atoms with Crippen LogP contribution < -0.4 is 0 Å². The zero-order valence-corrected chi connectivity index (χ0v) is 19.4. The Labute approximate surface area is 174 Å². The molecule has 4 aliphatic carbocycles. The van der Waals surface area contributed by atoms with Crippen molar-refractivity contribution in [2.75, 3.05) is 0 Å². The highest BCUT2D eigenvalue weighted by Gasteiger charge is 2.60. The van der Waals surface area contributed by atoms with E-state index in [1.165, 1.54) is 64.2 Å². The van der Waals surface area contributed by atoms with Gasteiger partial charge in [0.1, 0.15) is 5.78 Å². The van der Waals surface area contributed by atoms with Crippen molar-refractivity contribution in [1.82, 2.24) is 0 Å². The minimum Gasteiger partial charge on any atom is -0.300 e. The average molecular weight is 387 g/mol. The largest absolute Gasteiger partial charge is 0.300 e. The molecule has 0 radical (unpaired) electrons. The highest BCUT2D eigenvalue weighted by Crippen LogP contribution is 2.68. The minimum atomic E-state index is 0.471. The van der Waals surface area contributed by atoms with E-state index >= 15 is 0 Å². The number of carbonyl (C=O) groups is 1.